The molecule has 0 unspecified atom stereocenters. The summed E-state index contributed by atoms with van der Waals surface area (Å²) in [6.07, 6.45) is 1.02. The van der Waals surface area contributed by atoms with E-state index in [-0.39, 0.29) is 0 Å². The van der Waals surface area contributed by atoms with Crippen molar-refractivity contribution in [2.24, 2.45) is 0 Å². The van der Waals surface area contributed by atoms with Gasteiger partial charge < -0.3 is 23.7 Å². The van der Waals surface area contributed by atoms with Gasteiger partial charge in [0, 0.05) is 0 Å². The van der Waals surface area contributed by atoms with Crippen molar-refractivity contribution < 1.29 is 23.7 Å². The summed E-state index contributed by atoms with van der Waals surface area (Å²) in [6, 6.07) is 47.0. The lowest BCUT2D eigenvalue weighted by atomic mass is 10.1. The van der Waals surface area contributed by atoms with Gasteiger partial charge in [0.25, 0.3) is 0 Å². The average Bonchev–Trinajstić information content (AvgIpc) is 3.16. The highest BCUT2D eigenvalue weighted by atomic mass is 16.5. The molecule has 0 fully saturated rings. The van der Waals surface area contributed by atoms with Crippen molar-refractivity contribution in [1.82, 2.24) is 0 Å². The van der Waals surface area contributed by atoms with Crippen molar-refractivity contribution in [3.05, 3.63) is 184 Å². The van der Waals surface area contributed by atoms with E-state index in [1.807, 2.05) is 78.9 Å². The van der Waals surface area contributed by atoms with Gasteiger partial charge in [0.05, 0.1) is 0 Å². The lowest BCUT2D eigenvalue weighted by Crippen LogP contribution is -2.03. The Morgan fingerprint density at radius 2 is 0.640 bits per heavy atom. The van der Waals surface area contributed by atoms with Crippen LogP contribution in [0.2, 0.25) is 0 Å². The molecule has 254 valence electrons. The largest absolute Gasteiger partial charge is 0.489 e. The van der Waals surface area contributed by atoms with E-state index in [1.54, 1.807) is 0 Å². The molecule has 0 aliphatic rings. The maximum absolute atomic E-state index is 6.29. The second kappa shape index (κ2) is 17.1. The Morgan fingerprint density at radius 3 is 1.06 bits per heavy atom. The Hall–Kier alpha value is -5.68. The normalized spacial score (nSPS) is 10.8. The number of hydrogen-bond acceptors (Lipinski definition) is 5. The SMILES string of the molecule is CCc1ccc(OCc2ccc(OCc3ccc(OCc4ccc(OCc5ccc(C)cc5)c(OCc5ccc(C)cc5)c4)cc3)cc2)cc1. The van der Waals surface area contributed by atoms with Gasteiger partial charge in [-0.3, -0.25) is 0 Å². The third-order valence-electron chi connectivity index (χ3n) is 8.43. The second-order valence-corrected chi connectivity index (χ2v) is 12.5. The zero-order valence-electron chi connectivity index (χ0n) is 29.1. The monoisotopic (exact) mass is 664 g/mol. The van der Waals surface area contributed by atoms with Crippen molar-refractivity contribution in [1.29, 1.82) is 0 Å². The molecule has 0 aliphatic heterocycles. The number of rotatable bonds is 16. The topological polar surface area (TPSA) is 46.2 Å². The number of hydrogen-bond donors (Lipinski definition) is 0. The summed E-state index contributed by atoms with van der Waals surface area (Å²) in [5, 5.41) is 0. The third-order valence-corrected chi connectivity index (χ3v) is 8.43. The van der Waals surface area contributed by atoms with Crippen LogP contribution in [0.1, 0.15) is 51.4 Å². The highest BCUT2D eigenvalue weighted by Crippen LogP contribution is 2.31. The van der Waals surface area contributed by atoms with Crippen LogP contribution in [0.3, 0.4) is 0 Å². The molecule has 0 radical (unpaired) electrons. The minimum Gasteiger partial charge on any atom is -0.489 e. The standard InChI is InChI=1S/C45H44O5/c1-4-35-13-20-41(21-14-35)46-28-38-15-22-42(23-16-38)47-29-39-17-24-43(25-18-39)48-32-40-19-26-44(49-30-36-9-5-33(2)6-10-36)45(27-40)50-31-37-11-7-34(3)8-12-37/h5-27H,4,28-32H2,1-3H3. The molecule has 0 bridgehead atoms. The first-order valence-electron chi connectivity index (χ1n) is 17.1. The van der Waals surface area contributed by atoms with Crippen molar-refractivity contribution in [2.75, 3.05) is 0 Å². The van der Waals surface area contributed by atoms with Gasteiger partial charge in [-0.2, -0.15) is 0 Å². The predicted molar refractivity (Wildman–Crippen MR) is 199 cm³/mol. The van der Waals surface area contributed by atoms with E-state index in [0.29, 0.717) is 44.5 Å². The number of benzene rings is 6. The maximum atomic E-state index is 6.29. The van der Waals surface area contributed by atoms with E-state index < -0.39 is 0 Å². The van der Waals surface area contributed by atoms with E-state index in [4.69, 9.17) is 23.7 Å². The first kappa shape index (κ1) is 34.2. The minimum atomic E-state index is 0.398. The molecule has 6 aromatic rings. The molecule has 5 heteroatoms. The van der Waals surface area contributed by atoms with Crippen LogP contribution in [-0.2, 0) is 39.5 Å². The molecule has 0 atom stereocenters. The molecule has 0 aliphatic carbocycles. The highest BCUT2D eigenvalue weighted by molar-refractivity contribution is 5.44. The molecule has 6 rings (SSSR count). The van der Waals surface area contributed by atoms with Crippen LogP contribution in [0.25, 0.3) is 0 Å². The Bertz CT molecular complexity index is 1910. The first-order valence-corrected chi connectivity index (χ1v) is 17.1. The van der Waals surface area contributed by atoms with Gasteiger partial charge >= 0.3 is 0 Å². The quantitative estimate of drug-likeness (QED) is 0.103. The molecular weight excluding hydrogens is 620 g/mol. The van der Waals surface area contributed by atoms with Crippen molar-refractivity contribution >= 4 is 0 Å². The zero-order chi connectivity index (χ0) is 34.5. The molecule has 0 N–H and O–H groups in total. The van der Waals surface area contributed by atoms with Gasteiger partial charge in [0.1, 0.15) is 50.3 Å². The smallest absolute Gasteiger partial charge is 0.162 e. The zero-order valence-corrected chi connectivity index (χ0v) is 29.1. The van der Waals surface area contributed by atoms with E-state index in [0.717, 1.165) is 51.5 Å². The average molecular weight is 665 g/mol. The number of ether oxygens (including phenoxy) is 5. The number of aryl methyl sites for hydroxylation is 3. The first-order chi connectivity index (χ1) is 24.5. The fourth-order valence-electron chi connectivity index (χ4n) is 5.25. The second-order valence-electron chi connectivity index (χ2n) is 12.5. The van der Waals surface area contributed by atoms with E-state index in [2.05, 4.69) is 81.4 Å². The van der Waals surface area contributed by atoms with Crippen LogP contribution in [0.4, 0.5) is 0 Å². The summed E-state index contributed by atoms with van der Waals surface area (Å²) in [6.45, 7) is 8.59. The molecule has 0 heterocycles. The summed E-state index contributed by atoms with van der Waals surface area (Å²) in [5.74, 6) is 3.86. The highest BCUT2D eigenvalue weighted by Gasteiger charge is 2.10. The predicted octanol–water partition coefficient (Wildman–Crippen LogP) is 10.8. The lowest BCUT2D eigenvalue weighted by molar-refractivity contribution is 0.254. The summed E-state index contributed by atoms with van der Waals surface area (Å²) in [5.41, 5.74) is 9.09. The van der Waals surface area contributed by atoms with Gasteiger partial charge in [0.15, 0.2) is 11.5 Å². The summed E-state index contributed by atoms with van der Waals surface area (Å²) in [4.78, 5) is 0. The molecule has 0 saturated carbocycles. The molecular formula is C45H44O5. The van der Waals surface area contributed by atoms with Crippen molar-refractivity contribution in [3.63, 3.8) is 0 Å². The molecule has 0 aromatic heterocycles. The van der Waals surface area contributed by atoms with Gasteiger partial charge in [-0.05, 0) is 102 Å². The van der Waals surface area contributed by atoms with E-state index >= 15 is 0 Å². The van der Waals surface area contributed by atoms with Crippen LogP contribution >= 0.6 is 0 Å². The summed E-state index contributed by atoms with van der Waals surface area (Å²) in [7, 11) is 0. The van der Waals surface area contributed by atoms with Crippen LogP contribution in [-0.4, -0.2) is 0 Å². The van der Waals surface area contributed by atoms with E-state index in [1.165, 1.54) is 16.7 Å². The fraction of sp³-hybridized carbons (Fsp3) is 0.200. The molecule has 0 saturated heterocycles. The summed E-state index contributed by atoms with van der Waals surface area (Å²) < 4.78 is 30.6. The summed E-state index contributed by atoms with van der Waals surface area (Å²) >= 11 is 0. The Labute approximate surface area is 296 Å². The van der Waals surface area contributed by atoms with Crippen LogP contribution < -0.4 is 23.7 Å². The van der Waals surface area contributed by atoms with Gasteiger partial charge in [-0.25, -0.2) is 0 Å². The molecule has 5 nitrogen and oxygen atoms in total. The van der Waals surface area contributed by atoms with Crippen LogP contribution in [0, 0.1) is 13.8 Å². The fourth-order valence-corrected chi connectivity index (χ4v) is 5.25. The minimum absolute atomic E-state index is 0.398. The third kappa shape index (κ3) is 10.2. The molecule has 50 heavy (non-hydrogen) atoms. The molecule has 0 amide bonds. The van der Waals surface area contributed by atoms with Crippen molar-refractivity contribution in [2.45, 2.75) is 60.2 Å². The molecule has 0 spiro atoms. The maximum Gasteiger partial charge on any atom is 0.162 e. The van der Waals surface area contributed by atoms with Gasteiger partial charge in [-0.15, -0.1) is 0 Å². The van der Waals surface area contributed by atoms with Gasteiger partial charge in [-0.1, -0.05) is 109 Å². The Morgan fingerprint density at radius 1 is 0.320 bits per heavy atom. The van der Waals surface area contributed by atoms with Crippen molar-refractivity contribution in [3.8, 4) is 28.7 Å². The Kier molecular flexibility index (Phi) is 11.7. The molecule has 6 aromatic carbocycles. The van der Waals surface area contributed by atoms with E-state index in [9.17, 15) is 0 Å². The van der Waals surface area contributed by atoms with Crippen LogP contribution in [0.5, 0.6) is 28.7 Å². The van der Waals surface area contributed by atoms with Gasteiger partial charge in [0.2, 0.25) is 0 Å². The Balaban J connectivity index is 1.00. The van der Waals surface area contributed by atoms with Crippen LogP contribution in [0.15, 0.2) is 140 Å². The lowest BCUT2D eigenvalue weighted by Gasteiger charge is -2.15.